The van der Waals surface area contributed by atoms with E-state index in [9.17, 15) is 9.59 Å². The largest absolute Gasteiger partial charge is 0.346 e. The Bertz CT molecular complexity index is 1120. The van der Waals surface area contributed by atoms with Gasteiger partial charge < -0.3 is 9.80 Å². The van der Waals surface area contributed by atoms with E-state index in [0.717, 1.165) is 56.7 Å². The third-order valence-electron chi connectivity index (χ3n) is 7.05. The highest BCUT2D eigenvalue weighted by Crippen LogP contribution is 2.41. The molecule has 2 saturated heterocycles. The fraction of sp³-hybridized carbons (Fsp3) is 0.417. The van der Waals surface area contributed by atoms with E-state index in [4.69, 9.17) is 0 Å². The van der Waals surface area contributed by atoms with Gasteiger partial charge in [0.1, 0.15) is 11.8 Å². The standard InChI is InChI=1S/C24H27N5O2/c1-27-12-9-24(8-7-21(27)30)10-13-28(14-11-24)23(31)18-15-20-22(25-16-18)29(17-26-20)19-5-3-2-4-6-19/h2-6,15-17H,7-14H2,1H3. The third-order valence-corrected chi connectivity index (χ3v) is 7.05. The minimum absolute atomic E-state index is 0.0142. The maximum absolute atomic E-state index is 13.2. The Balaban J connectivity index is 1.30. The minimum Gasteiger partial charge on any atom is -0.346 e. The van der Waals surface area contributed by atoms with Gasteiger partial charge in [0, 0.05) is 45.0 Å². The lowest BCUT2D eigenvalue weighted by Crippen LogP contribution is -2.43. The van der Waals surface area contributed by atoms with Gasteiger partial charge in [-0.2, -0.15) is 0 Å². The predicted octanol–water partition coefficient (Wildman–Crippen LogP) is 3.29. The topological polar surface area (TPSA) is 71.3 Å². The number of carbonyl (C=O) groups is 2. The van der Waals surface area contributed by atoms with Gasteiger partial charge in [-0.25, -0.2) is 9.97 Å². The fourth-order valence-electron chi connectivity index (χ4n) is 4.88. The summed E-state index contributed by atoms with van der Waals surface area (Å²) in [6.07, 6.45) is 7.90. The van der Waals surface area contributed by atoms with Crippen LogP contribution >= 0.6 is 0 Å². The van der Waals surface area contributed by atoms with Gasteiger partial charge in [-0.1, -0.05) is 18.2 Å². The number of para-hydroxylation sites is 1. The van der Waals surface area contributed by atoms with Gasteiger partial charge in [0.15, 0.2) is 5.65 Å². The molecule has 0 unspecified atom stereocenters. The second-order valence-corrected chi connectivity index (χ2v) is 8.87. The van der Waals surface area contributed by atoms with Crippen LogP contribution in [0.2, 0.25) is 0 Å². The van der Waals surface area contributed by atoms with Crippen molar-refractivity contribution in [3.63, 3.8) is 0 Å². The van der Waals surface area contributed by atoms with E-state index in [-0.39, 0.29) is 17.2 Å². The van der Waals surface area contributed by atoms with Gasteiger partial charge in [-0.3, -0.25) is 14.2 Å². The molecule has 2 aromatic heterocycles. The fourth-order valence-corrected chi connectivity index (χ4v) is 4.88. The molecule has 0 aliphatic carbocycles. The number of nitrogens with zero attached hydrogens (tertiary/aromatic N) is 5. The van der Waals surface area contributed by atoms with Gasteiger partial charge in [0.25, 0.3) is 5.91 Å². The number of aromatic nitrogens is 3. The Labute approximate surface area is 181 Å². The third kappa shape index (κ3) is 3.69. The Kier molecular flexibility index (Phi) is 4.96. The molecule has 7 heteroatoms. The molecular formula is C24H27N5O2. The highest BCUT2D eigenvalue weighted by atomic mass is 16.2. The average Bonchev–Trinajstić information content (AvgIpc) is 3.19. The van der Waals surface area contributed by atoms with Gasteiger partial charge in [0.2, 0.25) is 5.91 Å². The Morgan fingerprint density at radius 3 is 2.52 bits per heavy atom. The van der Waals surface area contributed by atoms with Crippen molar-refractivity contribution in [1.29, 1.82) is 0 Å². The van der Waals surface area contributed by atoms with E-state index < -0.39 is 0 Å². The van der Waals surface area contributed by atoms with Crippen molar-refractivity contribution in [1.82, 2.24) is 24.3 Å². The van der Waals surface area contributed by atoms with Gasteiger partial charge in [0.05, 0.1) is 5.56 Å². The van der Waals surface area contributed by atoms with Gasteiger partial charge in [-0.05, 0) is 49.3 Å². The number of hydrogen-bond donors (Lipinski definition) is 0. The van der Waals surface area contributed by atoms with Crippen LogP contribution < -0.4 is 0 Å². The molecule has 31 heavy (non-hydrogen) atoms. The highest BCUT2D eigenvalue weighted by Gasteiger charge is 2.38. The summed E-state index contributed by atoms with van der Waals surface area (Å²) in [6.45, 7) is 2.28. The summed E-state index contributed by atoms with van der Waals surface area (Å²) in [5, 5.41) is 0. The molecule has 2 aliphatic heterocycles. The van der Waals surface area contributed by atoms with E-state index in [2.05, 4.69) is 9.97 Å². The summed E-state index contributed by atoms with van der Waals surface area (Å²) in [4.78, 5) is 38.0. The summed E-state index contributed by atoms with van der Waals surface area (Å²) in [7, 11) is 1.89. The summed E-state index contributed by atoms with van der Waals surface area (Å²) < 4.78 is 1.93. The molecule has 4 heterocycles. The minimum atomic E-state index is 0.0142. The molecule has 5 rings (SSSR count). The Hall–Kier alpha value is -3.22. The first-order valence-corrected chi connectivity index (χ1v) is 11.0. The van der Waals surface area contributed by atoms with Gasteiger partial charge >= 0.3 is 0 Å². The molecule has 0 bridgehead atoms. The monoisotopic (exact) mass is 417 g/mol. The van der Waals surface area contributed by atoms with E-state index in [1.807, 2.05) is 57.8 Å². The zero-order valence-corrected chi connectivity index (χ0v) is 17.8. The van der Waals surface area contributed by atoms with Crippen LogP contribution in [-0.4, -0.2) is 62.8 Å². The molecule has 2 amide bonds. The van der Waals surface area contributed by atoms with Crippen LogP contribution in [-0.2, 0) is 4.79 Å². The zero-order chi connectivity index (χ0) is 21.4. The van der Waals surface area contributed by atoms with Crippen LogP contribution in [0.5, 0.6) is 0 Å². The number of hydrogen-bond acceptors (Lipinski definition) is 4. The van der Waals surface area contributed by atoms with E-state index in [1.165, 1.54) is 0 Å². The van der Waals surface area contributed by atoms with Crippen molar-refractivity contribution in [2.45, 2.75) is 32.1 Å². The number of fused-ring (bicyclic) bond motifs is 1. The van der Waals surface area contributed by atoms with Crippen LogP contribution in [0.1, 0.15) is 42.5 Å². The van der Waals surface area contributed by atoms with Gasteiger partial charge in [-0.15, -0.1) is 0 Å². The quantitative estimate of drug-likeness (QED) is 0.642. The summed E-state index contributed by atoms with van der Waals surface area (Å²) in [6, 6.07) is 11.8. The summed E-state index contributed by atoms with van der Waals surface area (Å²) in [5.74, 6) is 0.255. The zero-order valence-electron chi connectivity index (χ0n) is 17.8. The van der Waals surface area contributed by atoms with Crippen molar-refractivity contribution in [2.75, 3.05) is 26.7 Å². The number of likely N-dealkylation sites (tertiary alicyclic amines) is 2. The van der Waals surface area contributed by atoms with E-state index in [1.54, 1.807) is 12.5 Å². The Morgan fingerprint density at radius 1 is 1.00 bits per heavy atom. The van der Waals surface area contributed by atoms with Crippen molar-refractivity contribution >= 4 is 23.0 Å². The van der Waals surface area contributed by atoms with Crippen LogP contribution in [0.3, 0.4) is 0 Å². The predicted molar refractivity (Wildman–Crippen MR) is 118 cm³/mol. The molecular weight excluding hydrogens is 390 g/mol. The second-order valence-electron chi connectivity index (χ2n) is 8.87. The molecule has 7 nitrogen and oxygen atoms in total. The lowest BCUT2D eigenvalue weighted by atomic mass is 9.73. The van der Waals surface area contributed by atoms with Crippen molar-refractivity contribution < 1.29 is 9.59 Å². The lowest BCUT2D eigenvalue weighted by molar-refractivity contribution is -0.129. The maximum atomic E-state index is 13.2. The van der Waals surface area contributed by atoms with Crippen molar-refractivity contribution in [3.05, 3.63) is 54.5 Å². The number of benzene rings is 1. The number of pyridine rings is 1. The summed E-state index contributed by atoms with van der Waals surface area (Å²) in [5.41, 5.74) is 3.22. The molecule has 0 radical (unpaired) electrons. The van der Waals surface area contributed by atoms with E-state index in [0.29, 0.717) is 17.5 Å². The first-order valence-electron chi connectivity index (χ1n) is 11.0. The molecule has 160 valence electrons. The van der Waals surface area contributed by atoms with Crippen LogP contribution in [0, 0.1) is 5.41 Å². The van der Waals surface area contributed by atoms with Crippen molar-refractivity contribution in [2.24, 2.45) is 5.41 Å². The molecule has 1 spiro atoms. The smallest absolute Gasteiger partial charge is 0.255 e. The summed E-state index contributed by atoms with van der Waals surface area (Å²) >= 11 is 0. The number of amides is 2. The molecule has 0 atom stereocenters. The first kappa shape index (κ1) is 19.7. The first-order chi connectivity index (χ1) is 15.0. The number of carbonyl (C=O) groups excluding carboxylic acids is 2. The molecule has 0 saturated carbocycles. The SMILES string of the molecule is CN1CCC2(CCC1=O)CCN(C(=O)c1cnc3c(c1)ncn3-c1ccccc1)CC2. The number of rotatable bonds is 2. The number of piperidine rings is 1. The average molecular weight is 418 g/mol. The van der Waals surface area contributed by atoms with E-state index >= 15 is 0 Å². The van der Waals surface area contributed by atoms with Crippen molar-refractivity contribution in [3.8, 4) is 5.69 Å². The number of imidazole rings is 1. The molecule has 2 aliphatic rings. The second kappa shape index (κ2) is 7.80. The normalized spacial score (nSPS) is 19.1. The molecule has 2 fully saturated rings. The molecule has 3 aromatic rings. The van der Waals surface area contributed by atoms with Crippen LogP contribution in [0.25, 0.3) is 16.9 Å². The van der Waals surface area contributed by atoms with Crippen LogP contribution in [0.4, 0.5) is 0 Å². The molecule has 0 N–H and O–H groups in total. The highest BCUT2D eigenvalue weighted by molar-refractivity contribution is 5.96. The van der Waals surface area contributed by atoms with Crippen LogP contribution in [0.15, 0.2) is 48.9 Å². The lowest BCUT2D eigenvalue weighted by Gasteiger charge is -2.41. The Morgan fingerprint density at radius 2 is 1.74 bits per heavy atom. The maximum Gasteiger partial charge on any atom is 0.255 e. The molecule has 1 aromatic carbocycles.